The number of carbonyl (C=O) groups is 1. The zero-order chi connectivity index (χ0) is 24.3. The summed E-state index contributed by atoms with van der Waals surface area (Å²) in [6.07, 6.45) is 1.31. The predicted molar refractivity (Wildman–Crippen MR) is 123 cm³/mol. The molecule has 0 fully saturated rings. The van der Waals surface area contributed by atoms with Crippen LogP contribution in [0, 0.1) is 17.1 Å². The number of methoxy groups -OCH3 is 1. The van der Waals surface area contributed by atoms with Gasteiger partial charge in [0.15, 0.2) is 0 Å². The summed E-state index contributed by atoms with van der Waals surface area (Å²) in [4.78, 5) is 19.1. The smallest absolute Gasteiger partial charge is 0.277 e. The number of amides is 1. The van der Waals surface area contributed by atoms with Gasteiger partial charge >= 0.3 is 0 Å². The zero-order valence-electron chi connectivity index (χ0n) is 18.1. The van der Waals surface area contributed by atoms with E-state index >= 15 is 0 Å². The number of nitriles is 1. The minimum atomic E-state index is -4.25. The Bertz CT molecular complexity index is 1490. The Morgan fingerprint density at radius 3 is 2.56 bits per heavy atom. The van der Waals surface area contributed by atoms with Crippen LogP contribution in [0.25, 0.3) is 10.9 Å². The Morgan fingerprint density at radius 2 is 1.91 bits per heavy atom. The number of rotatable bonds is 7. The first kappa shape index (κ1) is 23.1. The summed E-state index contributed by atoms with van der Waals surface area (Å²) in [7, 11) is -2.79. The molecule has 0 saturated heterocycles. The van der Waals surface area contributed by atoms with Crippen molar-refractivity contribution in [1.82, 2.24) is 8.96 Å². The molecular formula is C24H19FN4O4S. The molecule has 0 radical (unpaired) electrons. The fraction of sp³-hybridized carbons (Fsp3) is 0.125. The Morgan fingerprint density at radius 1 is 1.15 bits per heavy atom. The van der Waals surface area contributed by atoms with Gasteiger partial charge in [-0.05, 0) is 48.5 Å². The molecule has 0 aliphatic heterocycles. The van der Waals surface area contributed by atoms with E-state index in [9.17, 15) is 17.6 Å². The molecule has 0 aliphatic rings. The number of anilines is 1. The lowest BCUT2D eigenvalue weighted by atomic mass is 10.2. The van der Waals surface area contributed by atoms with E-state index < -0.39 is 21.7 Å². The highest BCUT2D eigenvalue weighted by Gasteiger charge is 2.30. The van der Waals surface area contributed by atoms with Gasteiger partial charge in [0, 0.05) is 18.7 Å². The maximum Gasteiger partial charge on any atom is 0.277 e. The molecule has 2 aromatic heterocycles. The number of benzene rings is 2. The van der Waals surface area contributed by atoms with E-state index in [1.165, 1.54) is 60.7 Å². The maximum absolute atomic E-state index is 14.1. The monoisotopic (exact) mass is 478 g/mol. The highest BCUT2D eigenvalue weighted by atomic mass is 32.2. The quantitative estimate of drug-likeness (QED) is 0.402. The highest BCUT2D eigenvalue weighted by Crippen LogP contribution is 2.28. The van der Waals surface area contributed by atoms with Crippen LogP contribution in [0.15, 0.2) is 77.8 Å². The van der Waals surface area contributed by atoms with Crippen LogP contribution in [-0.4, -0.2) is 43.5 Å². The van der Waals surface area contributed by atoms with Crippen molar-refractivity contribution in [2.24, 2.45) is 0 Å². The third-order valence-corrected chi connectivity index (χ3v) is 6.88. The van der Waals surface area contributed by atoms with E-state index in [1.807, 2.05) is 6.07 Å². The summed E-state index contributed by atoms with van der Waals surface area (Å²) in [6, 6.07) is 17.6. The van der Waals surface area contributed by atoms with Crippen LogP contribution in [0.1, 0.15) is 16.1 Å². The summed E-state index contributed by atoms with van der Waals surface area (Å²) in [5, 5.41) is 9.42. The van der Waals surface area contributed by atoms with Gasteiger partial charge in [-0.15, -0.1) is 0 Å². The first-order valence-electron chi connectivity index (χ1n) is 10.2. The lowest BCUT2D eigenvalue weighted by molar-refractivity contribution is 0.0969. The van der Waals surface area contributed by atoms with Crippen LogP contribution in [0.5, 0.6) is 0 Å². The molecule has 2 heterocycles. The third-order valence-electron chi connectivity index (χ3n) is 5.14. The second kappa shape index (κ2) is 9.43. The van der Waals surface area contributed by atoms with Gasteiger partial charge in [-0.1, -0.05) is 18.2 Å². The van der Waals surface area contributed by atoms with Gasteiger partial charge in [0.05, 0.1) is 29.1 Å². The predicted octanol–water partition coefficient (Wildman–Crippen LogP) is 3.58. The number of aromatic nitrogens is 2. The molecule has 0 N–H and O–H groups in total. The number of pyridine rings is 1. The van der Waals surface area contributed by atoms with Crippen molar-refractivity contribution in [1.29, 1.82) is 5.26 Å². The Kier molecular flexibility index (Phi) is 6.40. The van der Waals surface area contributed by atoms with Crippen molar-refractivity contribution in [3.05, 3.63) is 90.0 Å². The molecule has 4 rings (SSSR count). The molecule has 0 atom stereocenters. The average Bonchev–Trinajstić information content (AvgIpc) is 3.24. The van der Waals surface area contributed by atoms with Gasteiger partial charge in [0.1, 0.15) is 23.4 Å². The molecule has 0 saturated carbocycles. The normalized spacial score (nSPS) is 11.3. The molecule has 0 bridgehead atoms. The van der Waals surface area contributed by atoms with Gasteiger partial charge in [0.25, 0.3) is 15.9 Å². The SMILES string of the molecule is COCCN(C(=O)c1cc2ccc(F)cc2n1S(=O)(=O)c1ccccc1)c1ccc(C#N)cn1. The molecule has 0 spiro atoms. The Labute approximate surface area is 195 Å². The minimum absolute atomic E-state index is 0.0340. The summed E-state index contributed by atoms with van der Waals surface area (Å²) >= 11 is 0. The Balaban J connectivity index is 1.92. The van der Waals surface area contributed by atoms with E-state index in [0.717, 1.165) is 10.0 Å². The standard InChI is InChI=1S/C24H19FN4O4S/c1-33-12-11-28(23-10-7-17(15-26)16-27-23)24(30)22-13-18-8-9-19(25)14-21(18)29(22)34(31,32)20-5-3-2-4-6-20/h2-10,13-14,16H,11-12H2,1H3. The first-order valence-corrected chi connectivity index (χ1v) is 11.6. The number of hydrogen-bond acceptors (Lipinski definition) is 6. The zero-order valence-corrected chi connectivity index (χ0v) is 18.9. The van der Waals surface area contributed by atoms with Crippen molar-refractivity contribution in [2.45, 2.75) is 4.90 Å². The van der Waals surface area contributed by atoms with Crippen LogP contribution in [0.3, 0.4) is 0 Å². The second-order valence-corrected chi connectivity index (χ2v) is 9.07. The third kappa shape index (κ3) is 4.26. The molecule has 172 valence electrons. The van der Waals surface area contributed by atoms with Gasteiger partial charge in [-0.25, -0.2) is 21.8 Å². The molecular weight excluding hydrogens is 459 g/mol. The molecule has 0 unspecified atom stereocenters. The summed E-state index contributed by atoms with van der Waals surface area (Å²) in [6.45, 7) is 0.212. The number of hydrogen-bond donors (Lipinski definition) is 0. The fourth-order valence-corrected chi connectivity index (χ4v) is 5.03. The van der Waals surface area contributed by atoms with E-state index in [0.29, 0.717) is 10.9 Å². The van der Waals surface area contributed by atoms with Crippen LogP contribution in [0.4, 0.5) is 10.2 Å². The van der Waals surface area contributed by atoms with E-state index in [4.69, 9.17) is 10.00 Å². The van der Waals surface area contributed by atoms with Gasteiger partial charge < -0.3 is 4.74 Å². The van der Waals surface area contributed by atoms with E-state index in [-0.39, 0.29) is 35.1 Å². The molecule has 0 aliphatic carbocycles. The summed E-state index contributed by atoms with van der Waals surface area (Å²) in [5.74, 6) is -1.11. The number of fused-ring (bicyclic) bond motifs is 1. The molecule has 8 nitrogen and oxygen atoms in total. The lowest BCUT2D eigenvalue weighted by Gasteiger charge is -2.22. The summed E-state index contributed by atoms with van der Waals surface area (Å²) < 4.78 is 47.3. The van der Waals surface area contributed by atoms with Crippen molar-refractivity contribution in [2.75, 3.05) is 25.2 Å². The summed E-state index contributed by atoms with van der Waals surface area (Å²) in [5.41, 5.74) is 0.150. The van der Waals surface area contributed by atoms with E-state index in [1.54, 1.807) is 18.2 Å². The van der Waals surface area contributed by atoms with Crippen molar-refractivity contribution >= 4 is 32.7 Å². The van der Waals surface area contributed by atoms with E-state index in [2.05, 4.69) is 4.98 Å². The molecule has 1 amide bonds. The average molecular weight is 479 g/mol. The van der Waals surface area contributed by atoms with Crippen LogP contribution >= 0.6 is 0 Å². The van der Waals surface area contributed by atoms with Crippen molar-refractivity contribution in [3.63, 3.8) is 0 Å². The maximum atomic E-state index is 14.1. The number of ether oxygens (including phenoxy) is 1. The minimum Gasteiger partial charge on any atom is -0.383 e. The molecule has 2 aromatic carbocycles. The number of halogens is 1. The van der Waals surface area contributed by atoms with Gasteiger partial charge in [-0.3, -0.25) is 9.69 Å². The van der Waals surface area contributed by atoms with Crippen LogP contribution < -0.4 is 4.90 Å². The Hall–Kier alpha value is -4.07. The molecule has 10 heteroatoms. The highest BCUT2D eigenvalue weighted by molar-refractivity contribution is 7.90. The number of carbonyl (C=O) groups excluding carboxylic acids is 1. The van der Waals surface area contributed by atoms with Gasteiger partial charge in [-0.2, -0.15) is 5.26 Å². The van der Waals surface area contributed by atoms with Crippen LogP contribution in [0.2, 0.25) is 0 Å². The topological polar surface area (TPSA) is 105 Å². The van der Waals surface area contributed by atoms with Crippen molar-refractivity contribution in [3.8, 4) is 6.07 Å². The van der Waals surface area contributed by atoms with Crippen molar-refractivity contribution < 1.29 is 22.3 Å². The lowest BCUT2D eigenvalue weighted by Crippen LogP contribution is -2.36. The molecule has 4 aromatic rings. The van der Waals surface area contributed by atoms with Gasteiger partial charge in [0.2, 0.25) is 0 Å². The second-order valence-electron chi connectivity index (χ2n) is 7.28. The fourth-order valence-electron chi connectivity index (χ4n) is 3.51. The first-order chi connectivity index (χ1) is 16.4. The largest absolute Gasteiger partial charge is 0.383 e. The van der Waals surface area contributed by atoms with Crippen LogP contribution in [-0.2, 0) is 14.8 Å². The molecule has 34 heavy (non-hydrogen) atoms. The number of nitrogens with zero attached hydrogens (tertiary/aromatic N) is 4.